The Balaban J connectivity index is 2.74. The Hall–Kier alpha value is -1.19. The van der Waals surface area contributed by atoms with E-state index in [0.29, 0.717) is 6.42 Å². The van der Waals surface area contributed by atoms with Crippen LogP contribution in [0, 0.1) is 4.91 Å². The van der Waals surface area contributed by atoms with E-state index in [1.807, 2.05) is 0 Å². The maximum Gasteiger partial charge on any atom is 0.332 e. The van der Waals surface area contributed by atoms with Crippen molar-refractivity contribution in [3.05, 3.63) is 16.7 Å². The second-order valence-corrected chi connectivity index (χ2v) is 2.18. The van der Waals surface area contributed by atoms with Crippen LogP contribution in [0.4, 0.5) is 0 Å². The van der Waals surface area contributed by atoms with Crippen LogP contribution in [0.25, 0.3) is 0 Å². The second kappa shape index (κ2) is 2.60. The monoisotopic (exact) mass is 141 g/mol. The minimum atomic E-state index is -0.478. The quantitative estimate of drug-likeness (QED) is 0.404. The first-order chi connectivity index (χ1) is 4.72. The Morgan fingerprint density at radius 2 is 2.50 bits per heavy atom. The number of carbonyl (C=O) groups excluding carboxylic acids is 1. The van der Waals surface area contributed by atoms with Crippen molar-refractivity contribution in [3.8, 4) is 0 Å². The molecule has 0 saturated heterocycles. The molecule has 0 radical (unpaired) electrons. The fourth-order valence-corrected chi connectivity index (χ4v) is 0.827. The minimum absolute atomic E-state index is 0.217. The lowest BCUT2D eigenvalue weighted by Crippen LogP contribution is -2.18. The zero-order valence-corrected chi connectivity index (χ0v) is 5.53. The van der Waals surface area contributed by atoms with Crippen molar-refractivity contribution in [2.75, 3.05) is 0 Å². The van der Waals surface area contributed by atoms with Gasteiger partial charge in [0.05, 0.1) is 5.70 Å². The highest BCUT2D eigenvalue weighted by Gasteiger charge is 2.17. The van der Waals surface area contributed by atoms with Crippen molar-refractivity contribution in [2.24, 2.45) is 5.18 Å². The summed E-state index contributed by atoms with van der Waals surface area (Å²) in [6.45, 7) is 1.72. The summed E-state index contributed by atoms with van der Waals surface area (Å²) in [5.41, 5.74) is 0.267. The standard InChI is InChI=1S/C6H7NO3/c1-4-2-5(7-9)3-6(8)10-4/h3-4H,2H2,1H3/t4-/m1/s1. The van der Waals surface area contributed by atoms with E-state index < -0.39 is 5.97 Å². The van der Waals surface area contributed by atoms with Crippen LogP contribution < -0.4 is 0 Å². The van der Waals surface area contributed by atoms with Crippen molar-refractivity contribution in [2.45, 2.75) is 19.4 Å². The molecule has 54 valence electrons. The molecule has 4 nitrogen and oxygen atoms in total. The molecule has 0 spiro atoms. The summed E-state index contributed by atoms with van der Waals surface area (Å²) in [6.07, 6.45) is 1.33. The number of ether oxygens (including phenoxy) is 1. The van der Waals surface area contributed by atoms with Crippen LogP contribution in [0.15, 0.2) is 16.9 Å². The van der Waals surface area contributed by atoms with E-state index in [1.54, 1.807) is 6.92 Å². The molecule has 0 amide bonds. The van der Waals surface area contributed by atoms with Crippen molar-refractivity contribution >= 4 is 5.97 Å². The van der Waals surface area contributed by atoms with Gasteiger partial charge in [-0.05, 0) is 12.1 Å². The van der Waals surface area contributed by atoms with E-state index in [4.69, 9.17) is 4.74 Å². The first-order valence-corrected chi connectivity index (χ1v) is 2.97. The molecule has 4 heteroatoms. The van der Waals surface area contributed by atoms with E-state index >= 15 is 0 Å². The molecular formula is C6H7NO3. The zero-order chi connectivity index (χ0) is 7.56. The largest absolute Gasteiger partial charge is 0.459 e. The smallest absolute Gasteiger partial charge is 0.332 e. The van der Waals surface area contributed by atoms with Crippen LogP contribution in [0.1, 0.15) is 13.3 Å². The molecule has 0 aromatic rings. The molecule has 0 aromatic heterocycles. The molecule has 0 aliphatic carbocycles. The van der Waals surface area contributed by atoms with Crippen molar-refractivity contribution in [1.82, 2.24) is 0 Å². The third-order valence-corrected chi connectivity index (χ3v) is 1.22. The van der Waals surface area contributed by atoms with Crippen LogP contribution in [0.5, 0.6) is 0 Å². The van der Waals surface area contributed by atoms with Gasteiger partial charge in [-0.2, -0.15) is 0 Å². The van der Waals surface area contributed by atoms with Gasteiger partial charge in [-0.1, -0.05) is 0 Å². The summed E-state index contributed by atoms with van der Waals surface area (Å²) in [7, 11) is 0. The number of rotatable bonds is 1. The Morgan fingerprint density at radius 1 is 1.80 bits per heavy atom. The molecule has 0 bridgehead atoms. The number of carbonyl (C=O) groups is 1. The van der Waals surface area contributed by atoms with Gasteiger partial charge in [0.2, 0.25) is 0 Å². The minimum Gasteiger partial charge on any atom is -0.459 e. The molecule has 1 rings (SSSR count). The van der Waals surface area contributed by atoms with E-state index in [0.717, 1.165) is 6.08 Å². The van der Waals surface area contributed by atoms with E-state index in [1.165, 1.54) is 0 Å². The number of esters is 1. The molecule has 0 N–H and O–H groups in total. The first kappa shape index (κ1) is 6.92. The van der Waals surface area contributed by atoms with Crippen LogP contribution in [0.2, 0.25) is 0 Å². The Bertz CT molecular complexity index is 197. The summed E-state index contributed by atoms with van der Waals surface area (Å²) < 4.78 is 4.70. The molecular weight excluding hydrogens is 134 g/mol. The highest BCUT2D eigenvalue weighted by Crippen LogP contribution is 2.15. The van der Waals surface area contributed by atoms with Crippen molar-refractivity contribution in [3.63, 3.8) is 0 Å². The normalized spacial score (nSPS) is 25.1. The van der Waals surface area contributed by atoms with E-state index in [-0.39, 0.29) is 11.8 Å². The summed E-state index contributed by atoms with van der Waals surface area (Å²) in [4.78, 5) is 20.5. The highest BCUT2D eigenvalue weighted by atomic mass is 16.5. The maximum atomic E-state index is 10.5. The molecule has 1 heterocycles. The summed E-state index contributed by atoms with van der Waals surface area (Å²) >= 11 is 0. The van der Waals surface area contributed by atoms with Crippen LogP contribution in [0.3, 0.4) is 0 Å². The molecule has 0 aromatic carbocycles. The third-order valence-electron chi connectivity index (χ3n) is 1.22. The molecule has 0 fully saturated rings. The van der Waals surface area contributed by atoms with Gasteiger partial charge in [-0.3, -0.25) is 0 Å². The van der Waals surface area contributed by atoms with Crippen LogP contribution in [-0.4, -0.2) is 12.1 Å². The van der Waals surface area contributed by atoms with Gasteiger partial charge in [0.1, 0.15) is 6.10 Å². The van der Waals surface area contributed by atoms with Crippen molar-refractivity contribution in [1.29, 1.82) is 0 Å². The number of hydrogen-bond acceptors (Lipinski definition) is 4. The number of hydrogen-bond donors (Lipinski definition) is 0. The predicted molar refractivity (Wildman–Crippen MR) is 34.0 cm³/mol. The number of nitrogens with zero attached hydrogens (tertiary/aromatic N) is 1. The maximum absolute atomic E-state index is 10.5. The van der Waals surface area contributed by atoms with E-state index in [2.05, 4.69) is 5.18 Å². The number of nitroso groups, excluding NO2 is 1. The second-order valence-electron chi connectivity index (χ2n) is 2.18. The average Bonchev–Trinajstić information content (AvgIpc) is 1.85. The Kier molecular flexibility index (Phi) is 1.80. The molecule has 1 aliphatic heterocycles. The van der Waals surface area contributed by atoms with Crippen molar-refractivity contribution < 1.29 is 9.53 Å². The SMILES string of the molecule is C[C@@H]1CC(N=O)=CC(=O)O1. The average molecular weight is 141 g/mol. The molecule has 0 unspecified atom stereocenters. The van der Waals surface area contributed by atoms with Gasteiger partial charge in [-0.15, -0.1) is 4.91 Å². The fourth-order valence-electron chi connectivity index (χ4n) is 0.827. The summed E-state index contributed by atoms with van der Waals surface area (Å²) in [6, 6.07) is 0. The van der Waals surface area contributed by atoms with Crippen LogP contribution >= 0.6 is 0 Å². The molecule has 1 atom stereocenters. The van der Waals surface area contributed by atoms with Crippen LogP contribution in [-0.2, 0) is 9.53 Å². The number of cyclic esters (lactones) is 1. The summed E-state index contributed by atoms with van der Waals surface area (Å²) in [5, 5.41) is 2.66. The zero-order valence-electron chi connectivity index (χ0n) is 5.53. The lowest BCUT2D eigenvalue weighted by molar-refractivity contribution is -0.143. The lowest BCUT2D eigenvalue weighted by Gasteiger charge is -2.14. The van der Waals surface area contributed by atoms with E-state index in [9.17, 15) is 9.70 Å². The Labute approximate surface area is 57.8 Å². The van der Waals surface area contributed by atoms with Gasteiger partial charge in [0.15, 0.2) is 0 Å². The van der Waals surface area contributed by atoms with Gasteiger partial charge in [0, 0.05) is 12.5 Å². The lowest BCUT2D eigenvalue weighted by atomic mass is 10.2. The first-order valence-electron chi connectivity index (χ1n) is 2.97. The third kappa shape index (κ3) is 1.40. The van der Waals surface area contributed by atoms with Gasteiger partial charge >= 0.3 is 5.97 Å². The molecule has 1 aliphatic rings. The highest BCUT2D eigenvalue weighted by molar-refractivity contribution is 5.83. The molecule has 0 saturated carbocycles. The topological polar surface area (TPSA) is 55.7 Å². The molecule has 10 heavy (non-hydrogen) atoms. The van der Waals surface area contributed by atoms with Gasteiger partial charge in [0.25, 0.3) is 0 Å². The summed E-state index contributed by atoms with van der Waals surface area (Å²) in [5.74, 6) is -0.478. The van der Waals surface area contributed by atoms with Gasteiger partial charge in [-0.25, -0.2) is 4.79 Å². The fraction of sp³-hybridized carbons (Fsp3) is 0.500. The Morgan fingerprint density at radius 3 is 3.00 bits per heavy atom. The predicted octanol–water partition coefficient (Wildman–Crippen LogP) is 0.972. The van der Waals surface area contributed by atoms with Gasteiger partial charge < -0.3 is 4.74 Å².